The second-order valence-electron chi connectivity index (χ2n) is 4.84. The Morgan fingerprint density at radius 1 is 1.06 bits per heavy atom. The third-order valence-electron chi connectivity index (χ3n) is 2.52. The van der Waals surface area contributed by atoms with Gasteiger partial charge in [-0.15, -0.1) is 0 Å². The normalized spacial score (nSPS) is 13.9. The Morgan fingerprint density at radius 3 is 2.00 bits per heavy atom. The predicted molar refractivity (Wildman–Crippen MR) is 57.6 cm³/mol. The Balaban J connectivity index is 3.36. The van der Waals surface area contributed by atoms with Crippen LogP contribution in [0.2, 0.25) is 0 Å². The molecule has 0 aliphatic heterocycles. The Labute approximate surface area is 93.7 Å². The van der Waals surface area contributed by atoms with Crippen molar-refractivity contribution in [2.24, 2.45) is 5.41 Å². The van der Waals surface area contributed by atoms with E-state index in [4.69, 9.17) is 0 Å². The van der Waals surface area contributed by atoms with Crippen LogP contribution in [0.3, 0.4) is 0 Å². The molecule has 4 heteroatoms. The molecule has 0 spiro atoms. The molecule has 0 aliphatic carbocycles. The van der Waals surface area contributed by atoms with E-state index in [-0.39, 0.29) is 5.56 Å². The molecule has 0 saturated heterocycles. The minimum Gasteiger partial charge on any atom is -0.312 e. The van der Waals surface area contributed by atoms with Crippen LogP contribution in [0.5, 0.6) is 0 Å². The number of hydrogen-bond acceptors (Lipinski definition) is 1. The molecule has 0 bridgehead atoms. The van der Waals surface area contributed by atoms with Gasteiger partial charge in [-0.2, -0.15) is 0 Å². The van der Waals surface area contributed by atoms with Gasteiger partial charge in [-0.25, -0.2) is 13.2 Å². The van der Waals surface area contributed by atoms with Crippen LogP contribution in [0.1, 0.15) is 32.4 Å². The van der Waals surface area contributed by atoms with Gasteiger partial charge in [0.1, 0.15) is 5.82 Å². The van der Waals surface area contributed by atoms with Crippen molar-refractivity contribution in [3.8, 4) is 0 Å². The van der Waals surface area contributed by atoms with Gasteiger partial charge in [0.2, 0.25) is 0 Å². The highest BCUT2D eigenvalue weighted by Gasteiger charge is 2.30. The number of benzene rings is 1. The van der Waals surface area contributed by atoms with Crippen LogP contribution in [0.4, 0.5) is 13.2 Å². The number of nitrogens with one attached hydrogen (secondary N) is 1. The summed E-state index contributed by atoms with van der Waals surface area (Å²) in [6.45, 7) is 5.49. The van der Waals surface area contributed by atoms with Crippen molar-refractivity contribution >= 4 is 0 Å². The number of hydrogen-bond donors (Lipinski definition) is 1. The number of rotatable bonds is 2. The van der Waals surface area contributed by atoms with E-state index in [1.807, 2.05) is 20.8 Å². The maximum Gasteiger partial charge on any atom is 0.166 e. The first-order valence-corrected chi connectivity index (χ1v) is 5.09. The molecule has 0 heterocycles. The van der Waals surface area contributed by atoms with Crippen molar-refractivity contribution in [2.45, 2.75) is 26.8 Å². The molecule has 1 unspecified atom stereocenters. The summed E-state index contributed by atoms with van der Waals surface area (Å²) < 4.78 is 40.2. The van der Waals surface area contributed by atoms with Gasteiger partial charge < -0.3 is 5.32 Å². The molecule has 1 rings (SSSR count). The van der Waals surface area contributed by atoms with Crippen LogP contribution in [-0.4, -0.2) is 7.05 Å². The first kappa shape index (κ1) is 13.0. The minimum absolute atomic E-state index is 0.241. The Morgan fingerprint density at radius 2 is 1.56 bits per heavy atom. The first-order valence-electron chi connectivity index (χ1n) is 5.09. The molecular weight excluding hydrogens is 215 g/mol. The maximum absolute atomic E-state index is 13.6. The van der Waals surface area contributed by atoms with Crippen molar-refractivity contribution in [1.29, 1.82) is 0 Å². The zero-order chi connectivity index (χ0) is 12.5. The molecule has 1 aromatic rings. The van der Waals surface area contributed by atoms with Crippen LogP contribution >= 0.6 is 0 Å². The summed E-state index contributed by atoms with van der Waals surface area (Å²) in [6.07, 6.45) is 0. The van der Waals surface area contributed by atoms with E-state index in [0.29, 0.717) is 0 Å². The third-order valence-corrected chi connectivity index (χ3v) is 2.52. The monoisotopic (exact) mass is 231 g/mol. The van der Waals surface area contributed by atoms with E-state index < -0.39 is 28.9 Å². The molecule has 1 N–H and O–H groups in total. The van der Waals surface area contributed by atoms with E-state index in [1.165, 1.54) is 0 Å². The minimum atomic E-state index is -1.12. The highest BCUT2D eigenvalue weighted by atomic mass is 19.2. The molecular formula is C12H16F3N. The SMILES string of the molecule is CNC(c1c(F)ccc(F)c1F)C(C)(C)C. The molecule has 0 radical (unpaired) electrons. The highest BCUT2D eigenvalue weighted by Crippen LogP contribution is 2.35. The van der Waals surface area contributed by atoms with Crippen molar-refractivity contribution in [3.05, 3.63) is 35.1 Å². The fourth-order valence-corrected chi connectivity index (χ4v) is 1.82. The highest BCUT2D eigenvalue weighted by molar-refractivity contribution is 5.26. The summed E-state index contributed by atoms with van der Waals surface area (Å²) >= 11 is 0. The summed E-state index contributed by atoms with van der Waals surface area (Å²) in [5, 5.41) is 2.82. The lowest BCUT2D eigenvalue weighted by molar-refractivity contribution is 0.269. The van der Waals surface area contributed by atoms with E-state index >= 15 is 0 Å². The van der Waals surface area contributed by atoms with E-state index in [1.54, 1.807) is 7.05 Å². The molecule has 1 nitrogen and oxygen atoms in total. The first-order chi connectivity index (χ1) is 7.29. The lowest BCUT2D eigenvalue weighted by atomic mass is 9.82. The molecule has 90 valence electrons. The fourth-order valence-electron chi connectivity index (χ4n) is 1.82. The molecule has 0 aromatic heterocycles. The van der Waals surface area contributed by atoms with Crippen LogP contribution in [0, 0.1) is 22.9 Å². The Kier molecular flexibility index (Phi) is 3.63. The average Bonchev–Trinajstić information content (AvgIpc) is 2.16. The van der Waals surface area contributed by atoms with Crippen LogP contribution < -0.4 is 5.32 Å². The van der Waals surface area contributed by atoms with Gasteiger partial charge in [-0.1, -0.05) is 20.8 Å². The third kappa shape index (κ3) is 2.38. The quantitative estimate of drug-likeness (QED) is 0.769. The Hall–Kier alpha value is -1.03. The van der Waals surface area contributed by atoms with E-state index in [9.17, 15) is 13.2 Å². The van der Waals surface area contributed by atoms with Gasteiger partial charge >= 0.3 is 0 Å². The molecule has 0 fully saturated rings. The van der Waals surface area contributed by atoms with Crippen LogP contribution in [0.15, 0.2) is 12.1 Å². The smallest absolute Gasteiger partial charge is 0.166 e. The van der Waals surface area contributed by atoms with Crippen LogP contribution in [-0.2, 0) is 0 Å². The fraction of sp³-hybridized carbons (Fsp3) is 0.500. The lowest BCUT2D eigenvalue weighted by Crippen LogP contribution is -2.31. The summed E-state index contributed by atoms with van der Waals surface area (Å²) in [5.41, 5.74) is -0.653. The summed E-state index contributed by atoms with van der Waals surface area (Å²) in [7, 11) is 1.60. The van der Waals surface area contributed by atoms with Gasteiger partial charge in [-0.3, -0.25) is 0 Å². The van der Waals surface area contributed by atoms with Gasteiger partial charge in [0.25, 0.3) is 0 Å². The van der Waals surface area contributed by atoms with Crippen molar-refractivity contribution < 1.29 is 13.2 Å². The molecule has 1 aromatic carbocycles. The van der Waals surface area contributed by atoms with Gasteiger partial charge in [-0.05, 0) is 24.6 Å². The summed E-state index contributed by atoms with van der Waals surface area (Å²) in [6, 6.07) is 1.16. The summed E-state index contributed by atoms with van der Waals surface area (Å²) in [5.74, 6) is -2.87. The number of halogens is 3. The van der Waals surface area contributed by atoms with Crippen molar-refractivity contribution in [3.63, 3.8) is 0 Å². The predicted octanol–water partition coefficient (Wildman–Crippen LogP) is 3.41. The largest absolute Gasteiger partial charge is 0.312 e. The lowest BCUT2D eigenvalue weighted by Gasteiger charge is -2.31. The molecule has 0 aliphatic rings. The topological polar surface area (TPSA) is 12.0 Å². The Bertz CT molecular complexity index is 383. The van der Waals surface area contributed by atoms with E-state index in [0.717, 1.165) is 12.1 Å². The van der Waals surface area contributed by atoms with Crippen molar-refractivity contribution in [1.82, 2.24) is 5.32 Å². The molecule has 16 heavy (non-hydrogen) atoms. The standard InChI is InChI=1S/C12H16F3N/c1-12(2,3)11(16-4)9-7(13)5-6-8(14)10(9)15/h5-6,11,16H,1-4H3. The zero-order valence-electron chi connectivity index (χ0n) is 9.87. The molecule has 1 atom stereocenters. The van der Waals surface area contributed by atoms with E-state index in [2.05, 4.69) is 5.32 Å². The summed E-state index contributed by atoms with van der Waals surface area (Å²) in [4.78, 5) is 0. The average molecular weight is 231 g/mol. The van der Waals surface area contributed by atoms with Gasteiger partial charge in [0, 0.05) is 11.6 Å². The zero-order valence-corrected chi connectivity index (χ0v) is 9.87. The van der Waals surface area contributed by atoms with Gasteiger partial charge in [0.15, 0.2) is 11.6 Å². The maximum atomic E-state index is 13.6. The second kappa shape index (κ2) is 4.45. The van der Waals surface area contributed by atoms with Gasteiger partial charge in [0.05, 0.1) is 0 Å². The molecule has 0 amide bonds. The van der Waals surface area contributed by atoms with Crippen molar-refractivity contribution in [2.75, 3.05) is 7.05 Å². The second-order valence-corrected chi connectivity index (χ2v) is 4.84. The van der Waals surface area contributed by atoms with Crippen LogP contribution in [0.25, 0.3) is 0 Å². The molecule has 0 saturated carbocycles.